The molecule has 2 amide bonds. The van der Waals surface area contributed by atoms with Crippen LogP contribution in [-0.2, 0) is 34.6 Å². The zero-order chi connectivity index (χ0) is 39.0. The third kappa shape index (κ3) is 17.5. The van der Waals surface area contributed by atoms with E-state index < -0.39 is 38.1 Å². The summed E-state index contributed by atoms with van der Waals surface area (Å²) in [5, 5.41) is 5.96. The van der Waals surface area contributed by atoms with E-state index in [0.29, 0.717) is 44.2 Å². The third-order valence-corrected chi connectivity index (χ3v) is 13.9. The quantitative estimate of drug-likeness (QED) is 0.0699. The van der Waals surface area contributed by atoms with Crippen LogP contribution in [0.5, 0.6) is 11.5 Å². The highest BCUT2D eigenvalue weighted by molar-refractivity contribution is 6.74. The third-order valence-electron chi connectivity index (χ3n) is 9.35. The van der Waals surface area contributed by atoms with Gasteiger partial charge in [-0.2, -0.15) is 0 Å². The van der Waals surface area contributed by atoms with E-state index in [9.17, 15) is 14.4 Å². The van der Waals surface area contributed by atoms with Crippen molar-refractivity contribution in [1.82, 2.24) is 10.6 Å². The van der Waals surface area contributed by atoms with Gasteiger partial charge in [-0.05, 0) is 94.6 Å². The Kier molecular flexibility index (Phi) is 19.6. The number of hydrogen-bond acceptors (Lipinski definition) is 9. The molecule has 0 aliphatic rings. The number of hydrogen-bond donors (Lipinski definition) is 2. The molecule has 0 saturated heterocycles. The summed E-state index contributed by atoms with van der Waals surface area (Å²) in [4.78, 5) is 38.6. The van der Waals surface area contributed by atoms with Crippen LogP contribution >= 0.6 is 0 Å². The van der Waals surface area contributed by atoms with Crippen molar-refractivity contribution < 1.29 is 42.5 Å². The van der Waals surface area contributed by atoms with Gasteiger partial charge in [0.1, 0.15) is 5.60 Å². The lowest BCUT2D eigenvalue weighted by molar-refractivity contribution is -0.143. The Morgan fingerprint density at radius 3 is 2.14 bits per heavy atom. The average Bonchev–Trinajstić information content (AvgIpc) is 3.00. The van der Waals surface area contributed by atoms with Crippen LogP contribution in [0.2, 0.25) is 18.1 Å². The molecule has 0 fully saturated rings. The van der Waals surface area contributed by atoms with Gasteiger partial charge < -0.3 is 38.7 Å². The van der Waals surface area contributed by atoms with Gasteiger partial charge in [0, 0.05) is 32.6 Å². The van der Waals surface area contributed by atoms with Crippen LogP contribution in [0.3, 0.4) is 0 Å². The van der Waals surface area contributed by atoms with Gasteiger partial charge in [-0.25, -0.2) is 4.79 Å². The maximum absolute atomic E-state index is 13.4. The standard InChI is InChI=1S/C39H70N2O9Si/c1-15-47-35(42)19-20-40-36(43)28(4)23-33(50-51(13,14)39(8,9)10)31(41-37(44)49-38(5,6)7)26-30(27(2)3)24-29-17-18-32(46-12)34(25-29)48-22-16-21-45-11/h17-18,25,27-28,30-31,33H,15-16,19-24,26H2,1-14H3,(H,40,43)(H,41,44)/t28-,30+,31+,33+/m1/s1. The monoisotopic (exact) mass is 738 g/mol. The smallest absolute Gasteiger partial charge is 0.407 e. The Morgan fingerprint density at radius 1 is 0.922 bits per heavy atom. The van der Waals surface area contributed by atoms with Crippen LogP contribution in [0.15, 0.2) is 18.2 Å². The highest BCUT2D eigenvalue weighted by Crippen LogP contribution is 2.39. The molecule has 0 saturated carbocycles. The fourth-order valence-electron chi connectivity index (χ4n) is 5.33. The van der Waals surface area contributed by atoms with Crippen LogP contribution in [0.4, 0.5) is 4.79 Å². The molecule has 12 heteroatoms. The topological polar surface area (TPSA) is 131 Å². The maximum Gasteiger partial charge on any atom is 0.407 e. The fraction of sp³-hybridized carbons (Fsp3) is 0.769. The van der Waals surface area contributed by atoms with Crippen molar-refractivity contribution in [2.45, 2.75) is 137 Å². The second kappa shape index (κ2) is 21.6. The van der Waals surface area contributed by atoms with E-state index in [1.165, 1.54) is 0 Å². The van der Waals surface area contributed by atoms with Crippen LogP contribution < -0.4 is 20.1 Å². The predicted octanol–water partition coefficient (Wildman–Crippen LogP) is 7.69. The number of carbonyl (C=O) groups is 3. The van der Waals surface area contributed by atoms with Crippen molar-refractivity contribution in [1.29, 1.82) is 0 Å². The minimum atomic E-state index is -2.39. The fourth-order valence-corrected chi connectivity index (χ4v) is 6.70. The predicted molar refractivity (Wildman–Crippen MR) is 205 cm³/mol. The summed E-state index contributed by atoms with van der Waals surface area (Å²) in [6.07, 6.45) is 1.52. The summed E-state index contributed by atoms with van der Waals surface area (Å²) in [6, 6.07) is 5.56. The summed E-state index contributed by atoms with van der Waals surface area (Å²) >= 11 is 0. The second-order valence-electron chi connectivity index (χ2n) is 16.3. The molecule has 2 N–H and O–H groups in total. The van der Waals surface area contributed by atoms with Crippen molar-refractivity contribution in [3.63, 3.8) is 0 Å². The van der Waals surface area contributed by atoms with E-state index in [2.05, 4.69) is 64.4 Å². The highest BCUT2D eigenvalue weighted by Gasteiger charge is 2.42. The first-order valence-corrected chi connectivity index (χ1v) is 21.4. The van der Waals surface area contributed by atoms with Gasteiger partial charge in [-0.15, -0.1) is 0 Å². The van der Waals surface area contributed by atoms with Gasteiger partial charge in [0.2, 0.25) is 5.91 Å². The highest BCUT2D eigenvalue weighted by atomic mass is 28.4. The average molecular weight is 739 g/mol. The van der Waals surface area contributed by atoms with Crippen molar-refractivity contribution >= 4 is 26.3 Å². The van der Waals surface area contributed by atoms with Crippen molar-refractivity contribution in [2.75, 3.05) is 40.6 Å². The first-order chi connectivity index (χ1) is 23.6. The van der Waals surface area contributed by atoms with Crippen LogP contribution in [-0.4, -0.2) is 84.6 Å². The number of esters is 1. The number of nitrogens with one attached hydrogen (secondary N) is 2. The largest absolute Gasteiger partial charge is 0.493 e. The van der Waals surface area contributed by atoms with Gasteiger partial charge >= 0.3 is 12.1 Å². The maximum atomic E-state index is 13.4. The summed E-state index contributed by atoms with van der Waals surface area (Å²) in [5.74, 6) is 0.723. The number of amides is 2. The molecular formula is C39H70N2O9Si. The van der Waals surface area contributed by atoms with Crippen molar-refractivity contribution in [2.24, 2.45) is 17.8 Å². The van der Waals surface area contributed by atoms with Crippen LogP contribution in [0, 0.1) is 17.8 Å². The molecular weight excluding hydrogens is 669 g/mol. The lowest BCUT2D eigenvalue weighted by atomic mass is 9.82. The van der Waals surface area contributed by atoms with Gasteiger partial charge in [0.25, 0.3) is 0 Å². The molecule has 0 heterocycles. The molecule has 51 heavy (non-hydrogen) atoms. The molecule has 0 aliphatic heterocycles. The molecule has 4 atom stereocenters. The lowest BCUT2D eigenvalue weighted by Crippen LogP contribution is -2.54. The van der Waals surface area contributed by atoms with E-state index >= 15 is 0 Å². The second-order valence-corrected chi connectivity index (χ2v) is 21.0. The van der Waals surface area contributed by atoms with Gasteiger partial charge in [-0.1, -0.05) is 47.6 Å². The Labute approximate surface area is 309 Å². The molecule has 0 unspecified atom stereocenters. The number of alkyl carbamates (subject to hydrolysis) is 1. The van der Waals surface area contributed by atoms with E-state index in [1.807, 2.05) is 39.8 Å². The molecule has 294 valence electrons. The molecule has 1 aromatic carbocycles. The molecule has 1 aromatic rings. The first-order valence-electron chi connectivity index (χ1n) is 18.5. The summed E-state index contributed by atoms with van der Waals surface area (Å²) in [7, 11) is 0.907. The van der Waals surface area contributed by atoms with Gasteiger partial charge in [0.05, 0.1) is 38.9 Å². The normalized spacial score (nSPS) is 14.6. The molecule has 0 bridgehead atoms. The number of methoxy groups -OCH3 is 2. The molecule has 0 radical (unpaired) electrons. The molecule has 0 aliphatic carbocycles. The molecule has 11 nitrogen and oxygen atoms in total. The zero-order valence-electron chi connectivity index (χ0n) is 34.2. The Balaban J connectivity index is 3.52. The molecule has 0 aromatic heterocycles. The van der Waals surface area contributed by atoms with E-state index in [-0.39, 0.29) is 41.7 Å². The van der Waals surface area contributed by atoms with Gasteiger partial charge in [0.15, 0.2) is 19.8 Å². The Hall–Kier alpha value is -2.83. The number of rotatable bonds is 22. The van der Waals surface area contributed by atoms with E-state index in [1.54, 1.807) is 21.1 Å². The van der Waals surface area contributed by atoms with Crippen LogP contribution in [0.1, 0.15) is 100 Å². The SMILES string of the molecule is CCOC(=O)CCNC(=O)[C@H](C)C[C@H](O[Si](C)(C)C(C)(C)C)[C@H](C[C@H](Cc1ccc(OC)c(OCCCOC)c1)C(C)C)NC(=O)OC(C)(C)C. The van der Waals surface area contributed by atoms with E-state index in [4.69, 9.17) is 28.1 Å². The minimum Gasteiger partial charge on any atom is -0.493 e. The van der Waals surface area contributed by atoms with E-state index in [0.717, 1.165) is 18.4 Å². The number of benzene rings is 1. The van der Waals surface area contributed by atoms with Gasteiger partial charge in [-0.3, -0.25) is 9.59 Å². The van der Waals surface area contributed by atoms with Crippen molar-refractivity contribution in [3.8, 4) is 11.5 Å². The zero-order valence-corrected chi connectivity index (χ0v) is 35.2. The number of carbonyl (C=O) groups excluding carboxylic acids is 3. The first kappa shape index (κ1) is 46.2. The van der Waals surface area contributed by atoms with Crippen LogP contribution in [0.25, 0.3) is 0 Å². The molecule has 0 spiro atoms. The Morgan fingerprint density at radius 2 is 1.59 bits per heavy atom. The lowest BCUT2D eigenvalue weighted by Gasteiger charge is -2.43. The Bertz CT molecular complexity index is 1210. The summed E-state index contributed by atoms with van der Waals surface area (Å²) < 4.78 is 34.7. The summed E-state index contributed by atoms with van der Waals surface area (Å²) in [5.41, 5.74) is 0.389. The minimum absolute atomic E-state index is 0.0976. The number of ether oxygens (including phenoxy) is 5. The molecule has 1 rings (SSSR count). The van der Waals surface area contributed by atoms with Crippen molar-refractivity contribution in [3.05, 3.63) is 23.8 Å². The summed E-state index contributed by atoms with van der Waals surface area (Å²) in [6.45, 7) is 26.0.